The number of aromatic hydroxyl groups is 1. The molecule has 2 saturated heterocycles. The number of carbonyl (C=O) groups excluding carboxylic acids is 4. The number of phenolic OH excluding ortho intramolecular Hbond substituents is 1. The van der Waals surface area contributed by atoms with Gasteiger partial charge in [-0.3, -0.25) is 29.5 Å². The van der Waals surface area contributed by atoms with Crippen molar-refractivity contribution < 1.29 is 42.2 Å². The molecular formula is C40H31F3IN3O6. The van der Waals surface area contributed by atoms with Crippen LogP contribution in [-0.4, -0.2) is 40.1 Å². The van der Waals surface area contributed by atoms with E-state index in [4.69, 9.17) is 0 Å². The number of amides is 4. The molecule has 53 heavy (non-hydrogen) atoms. The highest BCUT2D eigenvalue weighted by molar-refractivity contribution is 14.1. The Morgan fingerprint density at radius 2 is 1.57 bits per heavy atom. The Balaban J connectivity index is 1.34. The van der Waals surface area contributed by atoms with E-state index in [9.17, 15) is 32.7 Å². The molecule has 13 heteroatoms. The number of halogens is 4. The highest BCUT2D eigenvalue weighted by atomic mass is 127. The molecule has 0 aromatic heterocycles. The number of carbonyl (C=O) groups is 4. The summed E-state index contributed by atoms with van der Waals surface area (Å²) in [5.41, 5.74) is 3.77. The largest absolute Gasteiger partial charge is 0.573 e. The van der Waals surface area contributed by atoms with Gasteiger partial charge in [-0.2, -0.15) is 5.01 Å². The van der Waals surface area contributed by atoms with Gasteiger partial charge in [0, 0.05) is 15.1 Å². The SMILES string of the molecule is Cc1ccc(NN2C(=O)[C@@H]3C[C@@H]4C(=CC[C@@H]5C(=O)N(c6ccc(I)cc6)C(=O)[C@@H]54)[C@H](c4cc(OC(F)(F)F)ccc4O)[C@]3(c3ccccc3)C2=O)cc1. The number of rotatable bonds is 6. The van der Waals surface area contributed by atoms with E-state index in [0.717, 1.165) is 32.3 Å². The first-order valence-corrected chi connectivity index (χ1v) is 18.1. The number of nitrogens with zero attached hydrogens (tertiary/aromatic N) is 2. The Bertz CT molecular complexity index is 2190. The smallest absolute Gasteiger partial charge is 0.508 e. The lowest BCUT2D eigenvalue weighted by atomic mass is 9.49. The Kier molecular flexibility index (Phi) is 8.39. The van der Waals surface area contributed by atoms with Gasteiger partial charge in [-0.25, -0.2) is 0 Å². The number of benzene rings is 4. The van der Waals surface area contributed by atoms with Crippen LogP contribution in [-0.2, 0) is 24.6 Å². The molecule has 0 unspecified atom stereocenters. The van der Waals surface area contributed by atoms with E-state index in [1.165, 1.54) is 4.90 Å². The topological polar surface area (TPSA) is 116 Å². The maximum atomic E-state index is 15.2. The van der Waals surface area contributed by atoms with E-state index >= 15 is 4.79 Å². The molecule has 4 aromatic carbocycles. The van der Waals surface area contributed by atoms with Crippen molar-refractivity contribution in [3.8, 4) is 11.5 Å². The van der Waals surface area contributed by atoms with Gasteiger partial charge in [0.15, 0.2) is 0 Å². The number of hydrogen-bond donors (Lipinski definition) is 2. The Morgan fingerprint density at radius 1 is 0.868 bits per heavy atom. The van der Waals surface area contributed by atoms with Gasteiger partial charge in [0.05, 0.1) is 34.5 Å². The summed E-state index contributed by atoms with van der Waals surface area (Å²) in [5, 5.41) is 12.5. The third-order valence-electron chi connectivity index (χ3n) is 11.0. The number of fused-ring (bicyclic) bond motifs is 4. The minimum absolute atomic E-state index is 0.0197. The number of anilines is 2. The molecule has 4 aromatic rings. The maximum Gasteiger partial charge on any atom is 0.573 e. The van der Waals surface area contributed by atoms with Gasteiger partial charge in [0.25, 0.3) is 11.8 Å². The van der Waals surface area contributed by atoms with Crippen molar-refractivity contribution in [2.75, 3.05) is 10.3 Å². The minimum Gasteiger partial charge on any atom is -0.508 e. The van der Waals surface area contributed by atoms with E-state index in [0.29, 0.717) is 22.5 Å². The number of hydrogen-bond acceptors (Lipinski definition) is 7. The number of nitrogens with one attached hydrogen (secondary N) is 1. The molecule has 2 heterocycles. The fourth-order valence-electron chi connectivity index (χ4n) is 8.90. The normalized spacial score (nSPS) is 26.6. The van der Waals surface area contributed by atoms with Crippen molar-refractivity contribution in [1.29, 1.82) is 0 Å². The fourth-order valence-corrected chi connectivity index (χ4v) is 9.26. The average molecular weight is 834 g/mol. The summed E-state index contributed by atoms with van der Waals surface area (Å²) in [5.74, 6) is -8.12. The van der Waals surface area contributed by atoms with Gasteiger partial charge in [-0.15, -0.1) is 13.2 Å². The van der Waals surface area contributed by atoms with Crippen LogP contribution >= 0.6 is 22.6 Å². The van der Waals surface area contributed by atoms with Crippen molar-refractivity contribution in [2.45, 2.75) is 37.5 Å². The van der Waals surface area contributed by atoms with E-state index in [1.807, 2.05) is 19.1 Å². The lowest BCUT2D eigenvalue weighted by Crippen LogP contribution is -2.53. The highest BCUT2D eigenvalue weighted by Gasteiger charge is 2.70. The number of aryl methyl sites for hydroxylation is 1. The second kappa shape index (κ2) is 12.7. The van der Waals surface area contributed by atoms with Crippen LogP contribution in [0, 0.1) is 34.2 Å². The molecule has 0 spiro atoms. The second-order valence-corrected chi connectivity index (χ2v) is 15.1. The lowest BCUT2D eigenvalue weighted by molar-refractivity contribution is -0.274. The molecule has 4 amide bonds. The molecule has 2 aliphatic heterocycles. The molecule has 270 valence electrons. The van der Waals surface area contributed by atoms with Crippen LogP contribution in [0.4, 0.5) is 24.5 Å². The third-order valence-corrected chi connectivity index (χ3v) is 11.7. The third kappa shape index (κ3) is 5.58. The summed E-state index contributed by atoms with van der Waals surface area (Å²) in [4.78, 5) is 59.6. The highest BCUT2D eigenvalue weighted by Crippen LogP contribution is 2.65. The van der Waals surface area contributed by atoms with Crippen LogP contribution in [0.2, 0.25) is 0 Å². The van der Waals surface area contributed by atoms with E-state index in [-0.39, 0.29) is 18.4 Å². The molecule has 8 rings (SSSR count). The molecular weight excluding hydrogens is 802 g/mol. The predicted octanol–water partition coefficient (Wildman–Crippen LogP) is 7.39. The molecule has 4 aliphatic rings. The van der Waals surface area contributed by atoms with E-state index in [1.54, 1.807) is 72.8 Å². The maximum absolute atomic E-state index is 15.2. The van der Waals surface area contributed by atoms with Crippen molar-refractivity contribution in [3.63, 3.8) is 0 Å². The summed E-state index contributed by atoms with van der Waals surface area (Å²) < 4.78 is 45.9. The summed E-state index contributed by atoms with van der Waals surface area (Å²) in [6.07, 6.45) is -3.22. The lowest BCUT2D eigenvalue weighted by Gasteiger charge is -2.50. The van der Waals surface area contributed by atoms with Crippen LogP contribution in [0.3, 0.4) is 0 Å². The number of allylic oxidation sites excluding steroid dienone is 2. The first kappa shape index (κ1) is 34.9. The quantitative estimate of drug-likeness (QED) is 0.118. The van der Waals surface area contributed by atoms with Crippen LogP contribution in [0.25, 0.3) is 0 Å². The molecule has 0 bridgehead atoms. The van der Waals surface area contributed by atoms with Crippen molar-refractivity contribution >= 4 is 57.6 Å². The number of ether oxygens (including phenoxy) is 1. The molecule has 9 nitrogen and oxygen atoms in total. The Hall–Kier alpha value is -5.18. The molecule has 6 atom stereocenters. The minimum atomic E-state index is -5.07. The summed E-state index contributed by atoms with van der Waals surface area (Å²) >= 11 is 2.12. The second-order valence-electron chi connectivity index (χ2n) is 13.8. The van der Waals surface area contributed by atoms with Gasteiger partial charge >= 0.3 is 6.36 Å². The van der Waals surface area contributed by atoms with Crippen LogP contribution < -0.4 is 15.1 Å². The van der Waals surface area contributed by atoms with Gasteiger partial charge in [0.2, 0.25) is 11.8 Å². The van der Waals surface area contributed by atoms with Crippen molar-refractivity contribution in [3.05, 3.63) is 129 Å². The predicted molar refractivity (Wildman–Crippen MR) is 195 cm³/mol. The van der Waals surface area contributed by atoms with Gasteiger partial charge in [0.1, 0.15) is 11.5 Å². The standard InChI is InChI=1S/C40H31F3IN3O6/c1-21-7-11-24(12-8-21)45-47-36(50)31-20-29-27(16-17-28-33(29)37(51)46(35(28)49)25-13-9-23(44)10-14-25)34(39(31,38(47)52)22-5-3-2-4-6-22)30-19-26(15-18-32(30)48)53-40(41,42)43/h2-16,18-19,28-29,31,33-34,45,48H,17,20H2,1H3/t28-,29+,31-,33-,34+,39+/m0/s1. The van der Waals surface area contributed by atoms with Crippen LogP contribution in [0.15, 0.2) is 109 Å². The molecule has 3 fully saturated rings. The first-order chi connectivity index (χ1) is 25.3. The monoisotopic (exact) mass is 833 g/mol. The summed E-state index contributed by atoms with van der Waals surface area (Å²) in [7, 11) is 0. The molecule has 2 N–H and O–H groups in total. The van der Waals surface area contributed by atoms with Crippen LogP contribution in [0.1, 0.15) is 35.4 Å². The van der Waals surface area contributed by atoms with Crippen LogP contribution in [0.5, 0.6) is 11.5 Å². The van der Waals surface area contributed by atoms with E-state index < -0.39 is 76.5 Å². The average Bonchev–Trinajstić information content (AvgIpc) is 3.51. The molecule has 0 radical (unpaired) electrons. The molecule has 1 saturated carbocycles. The summed E-state index contributed by atoms with van der Waals surface area (Å²) in [6.45, 7) is 1.89. The summed E-state index contributed by atoms with van der Waals surface area (Å²) in [6, 6.07) is 25.5. The zero-order valence-corrected chi connectivity index (χ0v) is 30.2. The number of phenols is 1. The first-order valence-electron chi connectivity index (χ1n) is 17.0. The fraction of sp³-hybridized carbons (Fsp3) is 0.250. The van der Waals surface area contributed by atoms with Gasteiger partial charge < -0.3 is 9.84 Å². The zero-order chi connectivity index (χ0) is 37.4. The Morgan fingerprint density at radius 3 is 2.25 bits per heavy atom. The van der Waals surface area contributed by atoms with Gasteiger partial charge in [-0.1, -0.05) is 59.7 Å². The number of alkyl halides is 3. The van der Waals surface area contributed by atoms with Crippen molar-refractivity contribution in [1.82, 2.24) is 5.01 Å². The van der Waals surface area contributed by atoms with Crippen molar-refractivity contribution in [2.24, 2.45) is 23.7 Å². The zero-order valence-electron chi connectivity index (χ0n) is 28.0. The molecule has 2 aliphatic carbocycles. The van der Waals surface area contributed by atoms with E-state index in [2.05, 4.69) is 32.8 Å². The van der Waals surface area contributed by atoms with Gasteiger partial charge in [-0.05, 0) is 108 Å². The number of hydrazine groups is 1. The number of imide groups is 2. The Labute approximate surface area is 315 Å².